The Bertz CT molecular complexity index is 669. The molecule has 0 aliphatic rings. The predicted octanol–water partition coefficient (Wildman–Crippen LogP) is 2.26. The van der Waals surface area contributed by atoms with E-state index in [-0.39, 0.29) is 0 Å². The monoisotopic (exact) mass is 286 g/mol. The third-order valence-electron chi connectivity index (χ3n) is 3.23. The second-order valence-corrected chi connectivity index (χ2v) is 4.70. The summed E-state index contributed by atoms with van der Waals surface area (Å²) in [6.07, 6.45) is 0. The Hall–Kier alpha value is -2.69. The van der Waals surface area contributed by atoms with Crippen LogP contribution in [0.15, 0.2) is 36.4 Å². The number of carbonyl (C=O) groups excluding carboxylic acids is 1. The van der Waals surface area contributed by atoms with E-state index in [4.69, 9.17) is 20.9 Å². The number of nitrogens with two attached hydrogens (primary N) is 2. The first-order valence-corrected chi connectivity index (χ1v) is 6.47. The van der Waals surface area contributed by atoms with E-state index in [1.165, 1.54) is 0 Å². The number of nitrogen functional groups attached to an aromatic ring is 1. The summed E-state index contributed by atoms with van der Waals surface area (Å²) in [6.45, 7) is 2.27. The van der Waals surface area contributed by atoms with Gasteiger partial charge in [-0.3, -0.25) is 4.79 Å². The number of anilines is 1. The normalized spacial score (nSPS) is 10.2. The molecule has 0 aromatic heterocycles. The van der Waals surface area contributed by atoms with Gasteiger partial charge in [0.1, 0.15) is 18.1 Å². The first-order valence-electron chi connectivity index (χ1n) is 6.47. The molecule has 5 heteroatoms. The van der Waals surface area contributed by atoms with E-state index in [1.54, 1.807) is 37.4 Å². The second-order valence-electron chi connectivity index (χ2n) is 4.70. The third-order valence-corrected chi connectivity index (χ3v) is 3.23. The second kappa shape index (κ2) is 6.17. The third kappa shape index (κ3) is 3.45. The van der Waals surface area contributed by atoms with Crippen molar-refractivity contribution in [2.24, 2.45) is 5.73 Å². The van der Waals surface area contributed by atoms with Crippen molar-refractivity contribution in [1.82, 2.24) is 0 Å². The minimum Gasteiger partial charge on any atom is -0.497 e. The van der Waals surface area contributed by atoms with Gasteiger partial charge in [0.2, 0.25) is 5.91 Å². The van der Waals surface area contributed by atoms with E-state index < -0.39 is 5.91 Å². The van der Waals surface area contributed by atoms with Gasteiger partial charge >= 0.3 is 0 Å². The molecule has 0 aliphatic heterocycles. The molecule has 0 atom stereocenters. The quantitative estimate of drug-likeness (QED) is 0.825. The number of hydrogen-bond acceptors (Lipinski definition) is 4. The number of aryl methyl sites for hydroxylation is 1. The van der Waals surface area contributed by atoms with Crippen molar-refractivity contribution in [3.05, 3.63) is 53.1 Å². The fourth-order valence-corrected chi connectivity index (χ4v) is 1.95. The van der Waals surface area contributed by atoms with Crippen LogP contribution in [0.3, 0.4) is 0 Å². The van der Waals surface area contributed by atoms with Gasteiger partial charge in [0.15, 0.2) is 0 Å². The lowest BCUT2D eigenvalue weighted by Gasteiger charge is -2.12. The maximum atomic E-state index is 11.1. The number of carbonyl (C=O) groups is 1. The van der Waals surface area contributed by atoms with Gasteiger partial charge in [-0.25, -0.2) is 0 Å². The van der Waals surface area contributed by atoms with Crippen LogP contribution in [-0.4, -0.2) is 13.0 Å². The van der Waals surface area contributed by atoms with Crippen LogP contribution < -0.4 is 20.9 Å². The number of hydrogen-bond donors (Lipinski definition) is 2. The molecule has 0 spiro atoms. The zero-order valence-corrected chi connectivity index (χ0v) is 12.1. The minimum absolute atomic E-state index is 0.363. The highest BCUT2D eigenvalue weighted by Gasteiger charge is 2.07. The highest BCUT2D eigenvalue weighted by atomic mass is 16.5. The Morgan fingerprint density at radius 2 is 1.95 bits per heavy atom. The fourth-order valence-electron chi connectivity index (χ4n) is 1.95. The Balaban J connectivity index is 2.11. The van der Waals surface area contributed by atoms with E-state index in [9.17, 15) is 4.79 Å². The average molecular weight is 286 g/mol. The number of ether oxygens (including phenoxy) is 2. The van der Waals surface area contributed by atoms with Gasteiger partial charge in [-0.05, 0) is 42.3 Å². The van der Waals surface area contributed by atoms with Gasteiger partial charge < -0.3 is 20.9 Å². The van der Waals surface area contributed by atoms with Gasteiger partial charge in [0, 0.05) is 11.6 Å². The van der Waals surface area contributed by atoms with Crippen molar-refractivity contribution in [1.29, 1.82) is 0 Å². The van der Waals surface area contributed by atoms with Crippen molar-refractivity contribution in [3.8, 4) is 11.5 Å². The predicted molar refractivity (Wildman–Crippen MR) is 81.4 cm³/mol. The molecule has 1 amide bonds. The summed E-state index contributed by atoms with van der Waals surface area (Å²) in [7, 11) is 1.58. The maximum Gasteiger partial charge on any atom is 0.248 e. The number of primary amides is 1. The van der Waals surface area contributed by atoms with Crippen LogP contribution in [0.5, 0.6) is 11.5 Å². The van der Waals surface area contributed by atoms with Gasteiger partial charge in [-0.15, -0.1) is 0 Å². The first-order chi connectivity index (χ1) is 10.0. The van der Waals surface area contributed by atoms with Gasteiger partial charge in [0.05, 0.1) is 12.8 Å². The summed E-state index contributed by atoms with van der Waals surface area (Å²) in [5.74, 6) is 0.834. The van der Waals surface area contributed by atoms with Gasteiger partial charge in [0.25, 0.3) is 0 Å². The van der Waals surface area contributed by atoms with E-state index in [0.717, 1.165) is 11.1 Å². The van der Waals surface area contributed by atoms with E-state index in [1.807, 2.05) is 13.0 Å². The minimum atomic E-state index is -0.440. The van der Waals surface area contributed by atoms with Crippen LogP contribution in [0.1, 0.15) is 21.5 Å². The van der Waals surface area contributed by atoms with Crippen molar-refractivity contribution >= 4 is 11.6 Å². The van der Waals surface area contributed by atoms with Crippen molar-refractivity contribution < 1.29 is 14.3 Å². The highest BCUT2D eigenvalue weighted by Crippen LogP contribution is 2.27. The number of benzene rings is 2. The molecule has 0 heterocycles. The van der Waals surface area contributed by atoms with Crippen LogP contribution >= 0.6 is 0 Å². The molecule has 0 bridgehead atoms. The molecule has 0 saturated carbocycles. The molecular formula is C16H18N2O3. The smallest absolute Gasteiger partial charge is 0.248 e. The zero-order chi connectivity index (χ0) is 15.4. The molecule has 0 fully saturated rings. The van der Waals surface area contributed by atoms with Crippen molar-refractivity contribution in [3.63, 3.8) is 0 Å². The molecule has 110 valence electrons. The number of methoxy groups -OCH3 is 1. The summed E-state index contributed by atoms with van der Waals surface area (Å²) in [4.78, 5) is 11.1. The number of rotatable bonds is 5. The standard InChI is InChI=1S/C16H18N2O3/c1-10-7-11(16(18)19)3-4-12(10)9-21-15-6-5-13(20-2)8-14(15)17/h3-8H,9,17H2,1-2H3,(H2,18,19). The topological polar surface area (TPSA) is 87.6 Å². The molecule has 2 aromatic rings. The maximum absolute atomic E-state index is 11.1. The van der Waals surface area contributed by atoms with Crippen molar-refractivity contribution in [2.45, 2.75) is 13.5 Å². The van der Waals surface area contributed by atoms with Gasteiger partial charge in [-0.1, -0.05) is 6.07 Å². The van der Waals surface area contributed by atoms with Gasteiger partial charge in [-0.2, -0.15) is 0 Å². The lowest BCUT2D eigenvalue weighted by atomic mass is 10.1. The number of amides is 1. The summed E-state index contributed by atoms with van der Waals surface area (Å²) >= 11 is 0. The first kappa shape index (κ1) is 14.7. The summed E-state index contributed by atoms with van der Waals surface area (Å²) < 4.78 is 10.8. The molecule has 2 rings (SSSR count). The van der Waals surface area contributed by atoms with E-state index in [0.29, 0.717) is 29.4 Å². The molecule has 0 saturated heterocycles. The Kier molecular flexibility index (Phi) is 4.33. The average Bonchev–Trinajstić information content (AvgIpc) is 2.46. The summed E-state index contributed by atoms with van der Waals surface area (Å²) in [5, 5.41) is 0. The molecule has 4 N–H and O–H groups in total. The Morgan fingerprint density at radius 1 is 1.19 bits per heavy atom. The fraction of sp³-hybridized carbons (Fsp3) is 0.188. The van der Waals surface area contributed by atoms with Crippen LogP contribution in [-0.2, 0) is 6.61 Å². The summed E-state index contributed by atoms with van der Waals surface area (Å²) in [5.41, 5.74) is 14.1. The van der Waals surface area contributed by atoms with Crippen LogP contribution in [0.4, 0.5) is 5.69 Å². The molecule has 0 radical (unpaired) electrons. The molecule has 0 unspecified atom stereocenters. The summed E-state index contributed by atoms with van der Waals surface area (Å²) in [6, 6.07) is 10.5. The van der Waals surface area contributed by atoms with E-state index >= 15 is 0 Å². The SMILES string of the molecule is COc1ccc(OCc2ccc(C(N)=O)cc2C)c(N)c1. The van der Waals surface area contributed by atoms with Crippen LogP contribution in [0.25, 0.3) is 0 Å². The molecule has 0 aliphatic carbocycles. The molecule has 2 aromatic carbocycles. The van der Waals surface area contributed by atoms with E-state index in [2.05, 4.69) is 0 Å². The van der Waals surface area contributed by atoms with Crippen molar-refractivity contribution in [2.75, 3.05) is 12.8 Å². The Labute approximate surface area is 123 Å². The largest absolute Gasteiger partial charge is 0.497 e. The lowest BCUT2D eigenvalue weighted by Crippen LogP contribution is -2.11. The van der Waals surface area contributed by atoms with Crippen LogP contribution in [0.2, 0.25) is 0 Å². The highest BCUT2D eigenvalue weighted by molar-refractivity contribution is 5.93. The molecule has 5 nitrogen and oxygen atoms in total. The molecular weight excluding hydrogens is 268 g/mol. The lowest BCUT2D eigenvalue weighted by molar-refractivity contribution is 0.1000. The Morgan fingerprint density at radius 3 is 2.52 bits per heavy atom. The van der Waals surface area contributed by atoms with Crippen LogP contribution in [0, 0.1) is 6.92 Å². The zero-order valence-electron chi connectivity index (χ0n) is 12.1. The molecule has 21 heavy (non-hydrogen) atoms.